The van der Waals surface area contributed by atoms with E-state index in [1.165, 1.54) is 16.2 Å². The monoisotopic (exact) mass is 561 g/mol. The van der Waals surface area contributed by atoms with Crippen molar-refractivity contribution in [3.8, 4) is 0 Å². The number of carbonyl (C=O) groups excluding carboxylic acids is 3. The molecule has 1 aromatic carbocycles. The first kappa shape index (κ1) is 27.8. The van der Waals surface area contributed by atoms with Gasteiger partial charge in [0.15, 0.2) is 0 Å². The van der Waals surface area contributed by atoms with Gasteiger partial charge in [0.05, 0.1) is 13.2 Å². The Bertz CT molecular complexity index is 757. The molecule has 2 amide bonds. The summed E-state index contributed by atoms with van der Waals surface area (Å²) in [5, 5.41) is 14.1. The molecule has 0 aliphatic carbocycles. The van der Waals surface area contributed by atoms with Crippen molar-refractivity contribution in [2.24, 2.45) is 5.73 Å². The van der Waals surface area contributed by atoms with Crippen molar-refractivity contribution < 1.29 is 29.0 Å². The third-order valence-corrected chi connectivity index (χ3v) is 5.55. The number of amides is 2. The molecule has 9 nitrogen and oxygen atoms in total. The Morgan fingerprint density at radius 3 is 2.38 bits per heavy atom. The van der Waals surface area contributed by atoms with Crippen LogP contribution in [0.5, 0.6) is 0 Å². The zero-order valence-corrected chi connectivity index (χ0v) is 20.4. The van der Waals surface area contributed by atoms with Crippen molar-refractivity contribution in [3.05, 3.63) is 33.4 Å². The Hall–Kier alpha value is -2.21. The maximum atomic E-state index is 12.1. The van der Waals surface area contributed by atoms with Crippen LogP contribution in [0, 0.1) is 3.57 Å². The number of unbranched alkanes of at least 4 members (excludes halogenated alkanes) is 1. The molecule has 5 N–H and O–H groups in total. The highest BCUT2D eigenvalue weighted by Crippen LogP contribution is 2.10. The van der Waals surface area contributed by atoms with E-state index in [1.807, 2.05) is 12.1 Å². The molecule has 2 atom stereocenters. The smallest absolute Gasteiger partial charge is 0.328 e. The van der Waals surface area contributed by atoms with E-state index >= 15 is 0 Å². The van der Waals surface area contributed by atoms with Crippen molar-refractivity contribution in [2.45, 2.75) is 63.5 Å². The summed E-state index contributed by atoms with van der Waals surface area (Å²) in [6, 6.07) is 6.34. The highest BCUT2D eigenvalue weighted by molar-refractivity contribution is 14.1. The van der Waals surface area contributed by atoms with Crippen LogP contribution in [0.25, 0.3) is 0 Å². The number of methoxy groups -OCH3 is 1. The first-order valence-corrected chi connectivity index (χ1v) is 11.7. The molecule has 0 aliphatic heterocycles. The zero-order valence-electron chi connectivity index (χ0n) is 18.3. The molecule has 1 aromatic rings. The van der Waals surface area contributed by atoms with Crippen LogP contribution >= 0.6 is 22.6 Å². The van der Waals surface area contributed by atoms with Gasteiger partial charge in [-0.25, -0.2) is 4.79 Å². The fourth-order valence-electron chi connectivity index (χ4n) is 2.97. The number of benzene rings is 1. The van der Waals surface area contributed by atoms with Crippen LogP contribution in [0.2, 0.25) is 0 Å². The van der Waals surface area contributed by atoms with Crippen molar-refractivity contribution in [3.63, 3.8) is 0 Å². The van der Waals surface area contributed by atoms with Crippen molar-refractivity contribution in [1.29, 1.82) is 0 Å². The summed E-state index contributed by atoms with van der Waals surface area (Å²) in [5.41, 5.74) is 6.88. The van der Waals surface area contributed by atoms with Gasteiger partial charge in [0.25, 0.3) is 0 Å². The molecule has 178 valence electrons. The summed E-state index contributed by atoms with van der Waals surface area (Å²) < 4.78 is 5.89. The Balaban J connectivity index is 2.26. The van der Waals surface area contributed by atoms with Crippen molar-refractivity contribution >= 4 is 46.3 Å². The predicted molar refractivity (Wildman–Crippen MR) is 128 cm³/mol. The number of esters is 1. The molecule has 32 heavy (non-hydrogen) atoms. The number of nitrogens with one attached hydrogen (secondary N) is 2. The Kier molecular flexibility index (Phi) is 13.5. The van der Waals surface area contributed by atoms with Crippen LogP contribution in [-0.2, 0) is 30.3 Å². The first-order chi connectivity index (χ1) is 15.2. The second-order valence-electron chi connectivity index (χ2n) is 7.45. The zero-order chi connectivity index (χ0) is 23.9. The second-order valence-corrected chi connectivity index (χ2v) is 8.69. The molecule has 0 saturated heterocycles. The highest BCUT2D eigenvalue weighted by Gasteiger charge is 2.24. The average molecular weight is 561 g/mol. The lowest BCUT2D eigenvalue weighted by atomic mass is 10.1. The van der Waals surface area contributed by atoms with E-state index in [2.05, 4.69) is 45.4 Å². The van der Waals surface area contributed by atoms with E-state index in [9.17, 15) is 19.2 Å². The summed E-state index contributed by atoms with van der Waals surface area (Å²) in [6.07, 6.45) is 3.34. The molecule has 0 radical (unpaired) electrons. The van der Waals surface area contributed by atoms with Gasteiger partial charge >= 0.3 is 11.9 Å². The van der Waals surface area contributed by atoms with Crippen molar-refractivity contribution in [1.82, 2.24) is 10.6 Å². The predicted octanol–water partition coefficient (Wildman–Crippen LogP) is 1.75. The van der Waals surface area contributed by atoms with E-state index < -0.39 is 29.9 Å². The maximum Gasteiger partial charge on any atom is 0.328 e. The summed E-state index contributed by atoms with van der Waals surface area (Å²) >= 11 is 2.25. The Morgan fingerprint density at radius 1 is 1.06 bits per heavy atom. The number of rotatable bonds is 15. The minimum atomic E-state index is -1.05. The van der Waals surface area contributed by atoms with Gasteiger partial charge in [0, 0.05) is 23.0 Å². The topological polar surface area (TPSA) is 148 Å². The van der Waals surface area contributed by atoms with Gasteiger partial charge in [-0.2, -0.15) is 0 Å². The average Bonchev–Trinajstić information content (AvgIpc) is 2.76. The van der Waals surface area contributed by atoms with E-state index in [0.717, 1.165) is 12.8 Å². The van der Waals surface area contributed by atoms with Crippen LogP contribution in [0.15, 0.2) is 24.3 Å². The van der Waals surface area contributed by atoms with Gasteiger partial charge < -0.3 is 26.2 Å². The lowest BCUT2D eigenvalue weighted by molar-refractivity contribution is -0.145. The lowest BCUT2D eigenvalue weighted by Gasteiger charge is -2.19. The molecule has 10 heteroatoms. The summed E-state index contributed by atoms with van der Waals surface area (Å²) in [6.45, 7) is 0.475. The summed E-state index contributed by atoms with van der Waals surface area (Å²) in [5.74, 6) is -2.25. The quantitative estimate of drug-likeness (QED) is 0.145. The molecular formula is C22H32IN3O6. The van der Waals surface area contributed by atoms with Crippen LogP contribution in [0.3, 0.4) is 0 Å². The van der Waals surface area contributed by atoms with Crippen LogP contribution in [0.4, 0.5) is 0 Å². The Labute approximate surface area is 202 Å². The molecule has 0 aromatic heterocycles. The second kappa shape index (κ2) is 15.6. The van der Waals surface area contributed by atoms with Gasteiger partial charge in [-0.05, 0) is 78.8 Å². The minimum absolute atomic E-state index is 0.0160. The van der Waals surface area contributed by atoms with E-state index in [0.29, 0.717) is 32.2 Å². The SMILES string of the molecule is COC(=O)C(CCCCNC(=O)CCCc1ccc(I)cc1)NC(=O)[C@@H](N)CCC(=O)O. The number of ether oxygens (including phenoxy) is 1. The minimum Gasteiger partial charge on any atom is -0.481 e. The lowest BCUT2D eigenvalue weighted by Crippen LogP contribution is -2.48. The standard InChI is InChI=1S/C22H32IN3O6/c1-32-22(31)18(26-21(30)17(24)12-13-20(28)29)6-2-3-14-25-19(27)7-4-5-15-8-10-16(23)11-9-15/h8-11,17-18H,2-7,12-14,24H2,1H3,(H,25,27)(H,26,30)(H,28,29)/t17-,18?/m0/s1. The molecule has 0 fully saturated rings. The molecule has 0 spiro atoms. The third-order valence-electron chi connectivity index (χ3n) is 4.83. The largest absolute Gasteiger partial charge is 0.481 e. The third kappa shape index (κ3) is 12.0. The number of hydrogen-bond donors (Lipinski definition) is 4. The fraction of sp³-hybridized carbons (Fsp3) is 0.545. The molecular weight excluding hydrogens is 529 g/mol. The van der Waals surface area contributed by atoms with Gasteiger partial charge in [-0.3, -0.25) is 14.4 Å². The molecule has 1 unspecified atom stereocenters. The number of nitrogens with two attached hydrogens (primary N) is 1. The fourth-order valence-corrected chi connectivity index (χ4v) is 3.33. The molecule has 0 saturated carbocycles. The van der Waals surface area contributed by atoms with E-state index in [1.54, 1.807) is 0 Å². The number of carboxylic acid groups (broad SMARTS) is 1. The normalized spacial score (nSPS) is 12.5. The van der Waals surface area contributed by atoms with Gasteiger partial charge in [-0.1, -0.05) is 12.1 Å². The van der Waals surface area contributed by atoms with Crippen LogP contribution in [0.1, 0.15) is 50.5 Å². The molecule has 0 heterocycles. The molecule has 0 aliphatic rings. The number of aryl methyl sites for hydroxylation is 1. The van der Waals surface area contributed by atoms with E-state index in [-0.39, 0.29) is 18.7 Å². The van der Waals surface area contributed by atoms with Crippen LogP contribution < -0.4 is 16.4 Å². The number of carbonyl (C=O) groups is 4. The first-order valence-electron chi connectivity index (χ1n) is 10.6. The number of aliphatic carboxylic acids is 1. The Morgan fingerprint density at radius 2 is 1.75 bits per heavy atom. The van der Waals surface area contributed by atoms with Gasteiger partial charge in [0.1, 0.15) is 6.04 Å². The number of halogens is 1. The maximum absolute atomic E-state index is 12.1. The molecule has 1 rings (SSSR count). The van der Waals surface area contributed by atoms with Gasteiger partial charge in [0.2, 0.25) is 11.8 Å². The van der Waals surface area contributed by atoms with Gasteiger partial charge in [-0.15, -0.1) is 0 Å². The number of hydrogen-bond acceptors (Lipinski definition) is 6. The van der Waals surface area contributed by atoms with Crippen LogP contribution in [-0.4, -0.2) is 54.6 Å². The summed E-state index contributed by atoms with van der Waals surface area (Å²) in [4.78, 5) is 46.6. The molecule has 0 bridgehead atoms. The number of carboxylic acids is 1. The highest BCUT2D eigenvalue weighted by atomic mass is 127. The van der Waals surface area contributed by atoms with E-state index in [4.69, 9.17) is 15.6 Å². The van der Waals surface area contributed by atoms with Crippen molar-refractivity contribution in [2.75, 3.05) is 13.7 Å². The summed E-state index contributed by atoms with van der Waals surface area (Å²) in [7, 11) is 1.22.